The summed E-state index contributed by atoms with van der Waals surface area (Å²) in [5.74, 6) is 2.72. The minimum atomic E-state index is 1.20. The van der Waals surface area contributed by atoms with Gasteiger partial charge in [-0.3, -0.25) is 0 Å². The average molecular weight is 260 g/mol. The number of hydrogen-bond donors (Lipinski definition) is 0. The van der Waals surface area contributed by atoms with Crippen molar-refractivity contribution in [3.05, 3.63) is 22.6 Å². The summed E-state index contributed by atoms with van der Waals surface area (Å²) in [4.78, 5) is 0. The van der Waals surface area contributed by atoms with Gasteiger partial charge in [-0.15, -0.1) is 0 Å². The molecular weight excluding hydrogens is 232 g/mol. The van der Waals surface area contributed by atoms with E-state index in [1.165, 1.54) is 101 Å². The van der Waals surface area contributed by atoms with Crippen molar-refractivity contribution in [3.63, 3.8) is 0 Å². The van der Waals surface area contributed by atoms with Crippen LogP contribution in [-0.2, 0) is 25.7 Å². The van der Waals surface area contributed by atoms with Crippen LogP contribution in [0.5, 0.6) is 0 Å². The Morgan fingerprint density at radius 1 is 0.421 bits per heavy atom. The zero-order valence-electron chi connectivity index (χ0n) is 12.3. The summed E-state index contributed by atoms with van der Waals surface area (Å²) in [7, 11) is 0. The lowest BCUT2D eigenvalue weighted by molar-refractivity contribution is 0.433. The molecule has 0 atom stereocenters. The van der Waals surface area contributed by atoms with Crippen molar-refractivity contribution >= 4 is 0 Å². The van der Waals surface area contributed by atoms with Crippen molar-refractivity contribution < 1.29 is 4.42 Å². The maximum absolute atomic E-state index is 6.23. The molecule has 2 aliphatic carbocycles. The molecule has 0 saturated carbocycles. The fourth-order valence-corrected chi connectivity index (χ4v) is 3.83. The number of hydrogen-bond acceptors (Lipinski definition) is 1. The highest BCUT2D eigenvalue weighted by Gasteiger charge is 2.21. The molecule has 2 aliphatic rings. The van der Waals surface area contributed by atoms with Crippen molar-refractivity contribution in [2.45, 2.75) is 89.9 Å². The molecule has 1 aromatic rings. The Hall–Kier alpha value is -0.720. The van der Waals surface area contributed by atoms with Crippen LogP contribution < -0.4 is 0 Å². The van der Waals surface area contributed by atoms with Crippen LogP contribution in [0.15, 0.2) is 4.42 Å². The topological polar surface area (TPSA) is 13.1 Å². The Morgan fingerprint density at radius 2 is 0.789 bits per heavy atom. The molecule has 0 radical (unpaired) electrons. The van der Waals surface area contributed by atoms with Crippen molar-refractivity contribution in [3.8, 4) is 0 Å². The van der Waals surface area contributed by atoms with Crippen molar-refractivity contribution in [2.24, 2.45) is 0 Å². The molecular formula is C18H28O. The lowest BCUT2D eigenvalue weighted by Gasteiger charge is -2.11. The second kappa shape index (κ2) is 6.63. The molecule has 1 aromatic heterocycles. The SMILES string of the molecule is C1CCCCCc2c(oc3c2CCCC3)CCCC1. The predicted molar refractivity (Wildman–Crippen MR) is 79.7 cm³/mol. The minimum absolute atomic E-state index is 1.20. The Balaban J connectivity index is 1.78. The lowest BCUT2D eigenvalue weighted by Crippen LogP contribution is -2.02. The average Bonchev–Trinajstić information content (AvgIpc) is 2.77. The van der Waals surface area contributed by atoms with Gasteiger partial charge in [0.05, 0.1) is 0 Å². The van der Waals surface area contributed by atoms with Gasteiger partial charge in [0.15, 0.2) is 0 Å². The van der Waals surface area contributed by atoms with Crippen LogP contribution in [-0.4, -0.2) is 0 Å². The van der Waals surface area contributed by atoms with E-state index in [1.54, 1.807) is 11.1 Å². The van der Waals surface area contributed by atoms with Crippen molar-refractivity contribution in [1.29, 1.82) is 0 Å². The fraction of sp³-hybridized carbons (Fsp3) is 0.778. The van der Waals surface area contributed by atoms with Gasteiger partial charge in [0.25, 0.3) is 0 Å². The summed E-state index contributed by atoms with van der Waals surface area (Å²) in [5, 5.41) is 0. The van der Waals surface area contributed by atoms with Gasteiger partial charge in [-0.2, -0.15) is 0 Å². The first kappa shape index (κ1) is 13.3. The summed E-state index contributed by atoms with van der Waals surface area (Å²) in [6.45, 7) is 0. The van der Waals surface area contributed by atoms with Crippen molar-refractivity contribution in [2.75, 3.05) is 0 Å². The highest BCUT2D eigenvalue weighted by molar-refractivity contribution is 5.35. The molecule has 0 unspecified atom stereocenters. The van der Waals surface area contributed by atoms with Gasteiger partial charge >= 0.3 is 0 Å². The number of aryl methyl sites for hydroxylation is 2. The number of rotatable bonds is 0. The van der Waals surface area contributed by atoms with E-state index in [0.717, 1.165) is 0 Å². The summed E-state index contributed by atoms with van der Waals surface area (Å²) >= 11 is 0. The Morgan fingerprint density at radius 3 is 1.37 bits per heavy atom. The quantitative estimate of drug-likeness (QED) is 0.610. The largest absolute Gasteiger partial charge is 0.466 e. The summed E-state index contributed by atoms with van der Waals surface area (Å²) in [6, 6.07) is 0. The molecule has 0 saturated heterocycles. The third kappa shape index (κ3) is 3.24. The molecule has 0 N–H and O–H groups in total. The van der Waals surface area contributed by atoms with E-state index in [0.29, 0.717) is 0 Å². The molecule has 0 fully saturated rings. The van der Waals surface area contributed by atoms with E-state index in [4.69, 9.17) is 4.42 Å². The van der Waals surface area contributed by atoms with E-state index >= 15 is 0 Å². The molecule has 1 nitrogen and oxygen atoms in total. The van der Waals surface area contributed by atoms with Gasteiger partial charge in [-0.05, 0) is 49.7 Å². The maximum Gasteiger partial charge on any atom is 0.107 e. The normalized spacial score (nSPS) is 21.9. The van der Waals surface area contributed by atoms with E-state index < -0.39 is 0 Å². The van der Waals surface area contributed by atoms with E-state index in [9.17, 15) is 0 Å². The van der Waals surface area contributed by atoms with Crippen molar-refractivity contribution in [1.82, 2.24) is 0 Å². The van der Waals surface area contributed by atoms with Crippen LogP contribution >= 0.6 is 0 Å². The van der Waals surface area contributed by atoms with Gasteiger partial charge in [-0.25, -0.2) is 0 Å². The van der Waals surface area contributed by atoms with E-state index in [-0.39, 0.29) is 0 Å². The highest BCUT2D eigenvalue weighted by Crippen LogP contribution is 2.32. The van der Waals surface area contributed by atoms with Crippen LogP contribution in [0, 0.1) is 0 Å². The van der Waals surface area contributed by atoms with Gasteiger partial charge in [0, 0.05) is 12.8 Å². The first-order valence-electron chi connectivity index (χ1n) is 8.57. The fourth-order valence-electron chi connectivity index (χ4n) is 3.83. The molecule has 0 amide bonds. The third-order valence-corrected chi connectivity index (χ3v) is 4.95. The van der Waals surface area contributed by atoms with Gasteiger partial charge in [0.2, 0.25) is 0 Å². The molecule has 0 bridgehead atoms. The maximum atomic E-state index is 6.23. The monoisotopic (exact) mass is 260 g/mol. The smallest absolute Gasteiger partial charge is 0.107 e. The standard InChI is InChI=1S/C18H28O/c1-2-4-6-8-13-17-15(11-7-5-3-1)16-12-9-10-14-18(16)19-17/h1-14H2. The van der Waals surface area contributed by atoms with E-state index in [2.05, 4.69) is 0 Å². The zero-order chi connectivity index (χ0) is 12.9. The first-order chi connectivity index (χ1) is 9.45. The highest BCUT2D eigenvalue weighted by atomic mass is 16.3. The van der Waals surface area contributed by atoms with Gasteiger partial charge < -0.3 is 4.42 Å². The second-order valence-corrected chi connectivity index (χ2v) is 6.44. The van der Waals surface area contributed by atoms with Crippen LogP contribution in [0.25, 0.3) is 0 Å². The molecule has 0 spiro atoms. The molecule has 1 heterocycles. The predicted octanol–water partition coefficient (Wildman–Crippen LogP) is 5.38. The summed E-state index contributed by atoms with van der Waals surface area (Å²) in [5.41, 5.74) is 3.26. The van der Waals surface area contributed by atoms with Crippen LogP contribution in [0.2, 0.25) is 0 Å². The Labute approximate surface area is 117 Å². The molecule has 0 aliphatic heterocycles. The first-order valence-corrected chi connectivity index (χ1v) is 8.57. The molecule has 0 aromatic carbocycles. The zero-order valence-corrected chi connectivity index (χ0v) is 12.3. The van der Waals surface area contributed by atoms with Crippen LogP contribution in [0.4, 0.5) is 0 Å². The van der Waals surface area contributed by atoms with Gasteiger partial charge in [-0.1, -0.05) is 38.5 Å². The summed E-state index contributed by atoms with van der Waals surface area (Å²) in [6.07, 6.45) is 19.0. The van der Waals surface area contributed by atoms with E-state index in [1.807, 2.05) is 0 Å². The Kier molecular flexibility index (Phi) is 4.63. The minimum Gasteiger partial charge on any atom is -0.466 e. The number of furan rings is 1. The van der Waals surface area contributed by atoms with Gasteiger partial charge in [0.1, 0.15) is 11.5 Å². The lowest BCUT2D eigenvalue weighted by atomic mass is 9.91. The van der Waals surface area contributed by atoms with Crippen LogP contribution in [0.1, 0.15) is 86.9 Å². The molecule has 106 valence electrons. The molecule has 1 heteroatoms. The third-order valence-electron chi connectivity index (χ3n) is 4.95. The molecule has 3 rings (SSSR count). The number of fused-ring (bicyclic) bond motifs is 3. The summed E-state index contributed by atoms with van der Waals surface area (Å²) < 4.78 is 6.23. The van der Waals surface area contributed by atoms with Crippen LogP contribution in [0.3, 0.4) is 0 Å². The second-order valence-electron chi connectivity index (χ2n) is 6.44. The molecule has 19 heavy (non-hydrogen) atoms. The Bertz CT molecular complexity index is 402.